The number of unbranched alkanes of at least 4 members (excludes halogenated alkanes) is 1. The number of guanidine groups is 1. The van der Waals surface area contributed by atoms with Crippen molar-refractivity contribution in [1.82, 2.24) is 10.2 Å². The molecule has 1 fully saturated rings. The first-order valence-corrected chi connectivity index (χ1v) is 8.34. The molecule has 0 aromatic carbocycles. The highest BCUT2D eigenvalue weighted by Crippen LogP contribution is 2.28. The lowest BCUT2D eigenvalue weighted by molar-refractivity contribution is 0.0689. The predicted octanol–water partition coefficient (Wildman–Crippen LogP) is 1.36. The molecule has 0 unspecified atom stereocenters. The zero-order valence-corrected chi connectivity index (χ0v) is 14.5. The molecule has 6 heteroatoms. The zero-order chi connectivity index (χ0) is 16.0. The molecule has 1 aliphatic carbocycles. The van der Waals surface area contributed by atoms with E-state index >= 15 is 0 Å². The fourth-order valence-corrected chi connectivity index (χ4v) is 2.00. The first kappa shape index (κ1) is 19.2. The Hall–Kier alpha value is -0.850. The molecule has 6 nitrogen and oxygen atoms in total. The second kappa shape index (κ2) is 12.7. The summed E-state index contributed by atoms with van der Waals surface area (Å²) in [6.07, 6.45) is 4.79. The Morgan fingerprint density at radius 2 is 1.95 bits per heavy atom. The Bertz CT molecular complexity index is 296. The van der Waals surface area contributed by atoms with E-state index in [9.17, 15) is 0 Å². The molecule has 22 heavy (non-hydrogen) atoms. The van der Waals surface area contributed by atoms with E-state index in [1.165, 1.54) is 12.8 Å². The summed E-state index contributed by atoms with van der Waals surface area (Å²) < 4.78 is 16.0. The molecule has 0 radical (unpaired) electrons. The van der Waals surface area contributed by atoms with Crippen LogP contribution < -0.4 is 5.32 Å². The van der Waals surface area contributed by atoms with Crippen LogP contribution in [0.25, 0.3) is 0 Å². The summed E-state index contributed by atoms with van der Waals surface area (Å²) in [6.45, 7) is 5.59. The minimum absolute atomic E-state index is 0.665. The largest absolute Gasteiger partial charge is 0.382 e. The van der Waals surface area contributed by atoms with E-state index in [0.29, 0.717) is 13.2 Å². The van der Waals surface area contributed by atoms with E-state index < -0.39 is 0 Å². The van der Waals surface area contributed by atoms with Crippen molar-refractivity contribution in [3.63, 3.8) is 0 Å². The SMILES string of the molecule is CN=C(NCCCCOCCOC)N(C)CCOCC1CC1. The third-order valence-electron chi connectivity index (χ3n) is 3.63. The second-order valence-corrected chi connectivity index (χ2v) is 5.73. The number of hydrogen-bond acceptors (Lipinski definition) is 4. The van der Waals surface area contributed by atoms with Crippen LogP contribution in [-0.4, -0.2) is 78.2 Å². The van der Waals surface area contributed by atoms with Crippen LogP contribution in [0.2, 0.25) is 0 Å². The molecule has 0 atom stereocenters. The monoisotopic (exact) mass is 315 g/mol. The van der Waals surface area contributed by atoms with Gasteiger partial charge in [0.2, 0.25) is 0 Å². The summed E-state index contributed by atoms with van der Waals surface area (Å²) >= 11 is 0. The number of hydrogen-bond donors (Lipinski definition) is 1. The van der Waals surface area contributed by atoms with E-state index in [2.05, 4.69) is 15.2 Å². The van der Waals surface area contributed by atoms with E-state index in [4.69, 9.17) is 14.2 Å². The van der Waals surface area contributed by atoms with Gasteiger partial charge in [-0.3, -0.25) is 4.99 Å². The molecule has 1 saturated carbocycles. The molecular weight excluding hydrogens is 282 g/mol. The van der Waals surface area contributed by atoms with Crippen LogP contribution in [0.5, 0.6) is 0 Å². The molecule has 0 aliphatic heterocycles. The average Bonchev–Trinajstić information content (AvgIpc) is 3.34. The van der Waals surface area contributed by atoms with Gasteiger partial charge in [0, 0.05) is 47.5 Å². The molecule has 0 bridgehead atoms. The number of nitrogens with one attached hydrogen (secondary N) is 1. The van der Waals surface area contributed by atoms with E-state index in [1.807, 2.05) is 14.1 Å². The summed E-state index contributed by atoms with van der Waals surface area (Å²) in [5, 5.41) is 3.37. The van der Waals surface area contributed by atoms with Gasteiger partial charge in [-0.1, -0.05) is 0 Å². The van der Waals surface area contributed by atoms with Crippen molar-refractivity contribution in [2.75, 3.05) is 67.3 Å². The normalized spacial score (nSPS) is 15.1. The second-order valence-electron chi connectivity index (χ2n) is 5.73. The van der Waals surface area contributed by atoms with E-state index in [1.54, 1.807) is 7.11 Å². The minimum atomic E-state index is 0.665. The Labute approximate surface area is 135 Å². The van der Waals surface area contributed by atoms with Gasteiger partial charge in [0.05, 0.1) is 19.8 Å². The third kappa shape index (κ3) is 9.97. The lowest BCUT2D eigenvalue weighted by Gasteiger charge is -2.22. The van der Waals surface area contributed by atoms with Gasteiger partial charge in [-0.15, -0.1) is 0 Å². The van der Waals surface area contributed by atoms with Crippen LogP contribution in [0.4, 0.5) is 0 Å². The van der Waals surface area contributed by atoms with Gasteiger partial charge < -0.3 is 24.4 Å². The molecule has 0 spiro atoms. The van der Waals surface area contributed by atoms with Crippen LogP contribution in [0.3, 0.4) is 0 Å². The molecule has 1 rings (SSSR count). The maximum absolute atomic E-state index is 5.66. The number of aliphatic imine (C=N–C) groups is 1. The molecule has 0 heterocycles. The summed E-state index contributed by atoms with van der Waals surface area (Å²) in [5.41, 5.74) is 0. The molecule has 0 aromatic rings. The Morgan fingerprint density at radius 1 is 1.14 bits per heavy atom. The lowest BCUT2D eigenvalue weighted by Crippen LogP contribution is -2.41. The molecule has 0 saturated heterocycles. The van der Waals surface area contributed by atoms with Gasteiger partial charge in [0.25, 0.3) is 0 Å². The fourth-order valence-electron chi connectivity index (χ4n) is 2.00. The van der Waals surface area contributed by atoms with Crippen molar-refractivity contribution in [3.8, 4) is 0 Å². The number of ether oxygens (including phenoxy) is 3. The van der Waals surface area contributed by atoms with Crippen molar-refractivity contribution >= 4 is 5.96 Å². The van der Waals surface area contributed by atoms with Gasteiger partial charge in [-0.05, 0) is 31.6 Å². The van der Waals surface area contributed by atoms with Crippen LogP contribution in [-0.2, 0) is 14.2 Å². The first-order chi connectivity index (χ1) is 10.8. The number of likely N-dealkylation sites (N-methyl/N-ethyl adjacent to an activating group) is 1. The smallest absolute Gasteiger partial charge is 0.193 e. The average molecular weight is 315 g/mol. The Balaban J connectivity index is 1.95. The topological polar surface area (TPSA) is 55.3 Å². The molecule has 1 N–H and O–H groups in total. The quantitative estimate of drug-likeness (QED) is 0.316. The third-order valence-corrected chi connectivity index (χ3v) is 3.63. The van der Waals surface area contributed by atoms with Crippen LogP contribution >= 0.6 is 0 Å². The maximum Gasteiger partial charge on any atom is 0.193 e. The Morgan fingerprint density at radius 3 is 2.64 bits per heavy atom. The van der Waals surface area contributed by atoms with Crippen molar-refractivity contribution in [1.29, 1.82) is 0 Å². The van der Waals surface area contributed by atoms with Gasteiger partial charge in [0.15, 0.2) is 5.96 Å². The standard InChI is InChI=1S/C16H33N3O3/c1-17-16(18-8-4-5-10-21-13-12-20-3)19(2)9-11-22-14-15-6-7-15/h15H,4-14H2,1-3H3,(H,17,18). The van der Waals surface area contributed by atoms with Crippen LogP contribution in [0, 0.1) is 5.92 Å². The molecule has 0 amide bonds. The highest BCUT2D eigenvalue weighted by Gasteiger charge is 2.21. The van der Waals surface area contributed by atoms with Crippen molar-refractivity contribution in [2.45, 2.75) is 25.7 Å². The highest BCUT2D eigenvalue weighted by molar-refractivity contribution is 5.79. The molecule has 0 aromatic heterocycles. The predicted molar refractivity (Wildman–Crippen MR) is 89.5 cm³/mol. The van der Waals surface area contributed by atoms with Crippen LogP contribution in [0.1, 0.15) is 25.7 Å². The summed E-state index contributed by atoms with van der Waals surface area (Å²) in [7, 11) is 5.55. The van der Waals surface area contributed by atoms with Gasteiger partial charge >= 0.3 is 0 Å². The first-order valence-electron chi connectivity index (χ1n) is 8.34. The van der Waals surface area contributed by atoms with Crippen molar-refractivity contribution < 1.29 is 14.2 Å². The summed E-state index contributed by atoms with van der Waals surface area (Å²) in [5.74, 6) is 1.75. The summed E-state index contributed by atoms with van der Waals surface area (Å²) in [6, 6.07) is 0. The minimum Gasteiger partial charge on any atom is -0.382 e. The number of methoxy groups -OCH3 is 1. The van der Waals surface area contributed by atoms with Crippen molar-refractivity contribution in [3.05, 3.63) is 0 Å². The Kier molecular flexibility index (Phi) is 11.1. The number of rotatable bonds is 13. The molecular formula is C16H33N3O3. The maximum atomic E-state index is 5.66. The lowest BCUT2D eigenvalue weighted by atomic mass is 10.3. The van der Waals surface area contributed by atoms with Gasteiger partial charge in [-0.25, -0.2) is 0 Å². The van der Waals surface area contributed by atoms with Crippen LogP contribution in [0.15, 0.2) is 4.99 Å². The van der Waals surface area contributed by atoms with Crippen molar-refractivity contribution in [2.24, 2.45) is 10.9 Å². The molecule has 1 aliphatic rings. The highest BCUT2D eigenvalue weighted by atomic mass is 16.5. The summed E-state index contributed by atoms with van der Waals surface area (Å²) in [4.78, 5) is 6.41. The fraction of sp³-hybridized carbons (Fsp3) is 0.938. The van der Waals surface area contributed by atoms with Gasteiger partial charge in [-0.2, -0.15) is 0 Å². The van der Waals surface area contributed by atoms with E-state index in [0.717, 1.165) is 57.6 Å². The zero-order valence-electron chi connectivity index (χ0n) is 14.5. The number of nitrogens with zero attached hydrogens (tertiary/aromatic N) is 2. The molecule has 130 valence electrons. The van der Waals surface area contributed by atoms with E-state index in [-0.39, 0.29) is 0 Å². The van der Waals surface area contributed by atoms with Gasteiger partial charge in [0.1, 0.15) is 0 Å².